The second kappa shape index (κ2) is 9.19. The molecular weight excluding hydrogens is 380 g/mol. The van der Waals surface area contributed by atoms with E-state index in [4.69, 9.17) is 4.74 Å². The Labute approximate surface area is 179 Å². The smallest absolute Gasteiger partial charge is 0.257 e. The molecule has 1 saturated heterocycles. The predicted molar refractivity (Wildman–Crippen MR) is 116 cm³/mol. The van der Waals surface area contributed by atoms with Gasteiger partial charge in [0.25, 0.3) is 5.91 Å². The van der Waals surface area contributed by atoms with Gasteiger partial charge in [0, 0.05) is 11.5 Å². The molecule has 1 aromatic carbocycles. The van der Waals surface area contributed by atoms with E-state index in [9.17, 15) is 14.4 Å². The molecule has 30 heavy (non-hydrogen) atoms. The quantitative estimate of drug-likeness (QED) is 0.624. The van der Waals surface area contributed by atoms with Crippen molar-refractivity contribution in [1.82, 2.24) is 4.90 Å². The lowest BCUT2D eigenvalue weighted by Crippen LogP contribution is -2.57. The molecule has 0 radical (unpaired) electrons. The lowest BCUT2D eigenvalue weighted by atomic mass is 9.85. The van der Waals surface area contributed by atoms with Gasteiger partial charge in [-0.15, -0.1) is 0 Å². The Balaban J connectivity index is 1.88. The van der Waals surface area contributed by atoms with Gasteiger partial charge in [-0.3, -0.25) is 14.4 Å². The van der Waals surface area contributed by atoms with Crippen LogP contribution in [0.25, 0.3) is 0 Å². The van der Waals surface area contributed by atoms with Crippen molar-refractivity contribution >= 4 is 23.4 Å². The number of carbonyl (C=O) groups is 3. The normalized spacial score (nSPS) is 20.5. The third-order valence-corrected chi connectivity index (χ3v) is 6.55. The van der Waals surface area contributed by atoms with E-state index in [1.807, 2.05) is 27.7 Å². The van der Waals surface area contributed by atoms with Crippen molar-refractivity contribution in [3.63, 3.8) is 0 Å². The van der Waals surface area contributed by atoms with Gasteiger partial charge < -0.3 is 9.64 Å². The average molecular weight is 415 g/mol. The number of benzene rings is 1. The molecule has 1 aromatic rings. The van der Waals surface area contributed by atoms with E-state index < -0.39 is 11.6 Å². The van der Waals surface area contributed by atoms with Crippen LogP contribution in [0.3, 0.4) is 0 Å². The van der Waals surface area contributed by atoms with E-state index >= 15 is 0 Å². The first-order chi connectivity index (χ1) is 14.3. The maximum Gasteiger partial charge on any atom is 0.257 e. The molecule has 0 spiro atoms. The molecule has 2 aliphatic rings. The second-order valence-corrected chi connectivity index (χ2v) is 8.92. The Morgan fingerprint density at radius 1 is 1.10 bits per heavy atom. The standard InChI is InChI=1S/C24H34N2O4/c1-5-24(3,4)26(22(28)17-10-8-7-9-11-17)20-16-21(27)25(23(20)29)18-12-14-19(15-13-18)30-6-2/h12-15,17,20H,5-11,16H2,1-4H3. The molecule has 164 valence electrons. The summed E-state index contributed by atoms with van der Waals surface area (Å²) >= 11 is 0. The topological polar surface area (TPSA) is 66.9 Å². The highest BCUT2D eigenvalue weighted by molar-refractivity contribution is 6.23. The van der Waals surface area contributed by atoms with E-state index in [1.165, 1.54) is 4.90 Å². The molecule has 1 aliphatic carbocycles. The van der Waals surface area contributed by atoms with E-state index in [1.54, 1.807) is 29.2 Å². The number of nitrogens with zero attached hydrogens (tertiary/aromatic N) is 2. The van der Waals surface area contributed by atoms with Crippen LogP contribution in [0, 0.1) is 5.92 Å². The molecule has 1 unspecified atom stereocenters. The Bertz CT molecular complexity index is 781. The second-order valence-electron chi connectivity index (χ2n) is 8.92. The molecule has 6 heteroatoms. The highest BCUT2D eigenvalue weighted by atomic mass is 16.5. The fraction of sp³-hybridized carbons (Fsp3) is 0.625. The van der Waals surface area contributed by atoms with Crippen LogP contribution >= 0.6 is 0 Å². The minimum absolute atomic E-state index is 0.0289. The van der Waals surface area contributed by atoms with Gasteiger partial charge in [-0.05, 0) is 64.3 Å². The van der Waals surface area contributed by atoms with E-state index in [0.29, 0.717) is 24.5 Å². The highest BCUT2D eigenvalue weighted by Crippen LogP contribution is 2.35. The summed E-state index contributed by atoms with van der Waals surface area (Å²) < 4.78 is 5.45. The first-order valence-corrected chi connectivity index (χ1v) is 11.2. The van der Waals surface area contributed by atoms with Gasteiger partial charge in [-0.1, -0.05) is 26.2 Å². The molecule has 1 saturated carbocycles. The molecule has 3 amide bonds. The lowest BCUT2D eigenvalue weighted by Gasteiger charge is -2.43. The van der Waals surface area contributed by atoms with E-state index in [-0.39, 0.29) is 30.1 Å². The Morgan fingerprint density at radius 3 is 2.30 bits per heavy atom. The van der Waals surface area contributed by atoms with Crippen molar-refractivity contribution in [3.8, 4) is 5.75 Å². The summed E-state index contributed by atoms with van der Waals surface area (Å²) in [5.41, 5.74) is 0.0274. The fourth-order valence-electron chi connectivity index (χ4n) is 4.54. The van der Waals surface area contributed by atoms with Gasteiger partial charge in [0.1, 0.15) is 11.8 Å². The number of rotatable bonds is 7. The van der Waals surface area contributed by atoms with Crippen LogP contribution in [-0.4, -0.2) is 40.8 Å². The number of imide groups is 1. The molecule has 3 rings (SSSR count). The van der Waals surface area contributed by atoms with Crippen LogP contribution in [-0.2, 0) is 14.4 Å². The summed E-state index contributed by atoms with van der Waals surface area (Å²) in [5, 5.41) is 0. The fourth-order valence-corrected chi connectivity index (χ4v) is 4.54. The van der Waals surface area contributed by atoms with Gasteiger partial charge in [0.2, 0.25) is 11.8 Å². The molecule has 2 fully saturated rings. The summed E-state index contributed by atoms with van der Waals surface area (Å²) in [6.45, 7) is 8.45. The van der Waals surface area contributed by atoms with Gasteiger partial charge in [-0.25, -0.2) is 4.90 Å². The SMILES string of the molecule is CCOc1ccc(N2C(=O)CC(N(C(=O)C3CCCCC3)C(C)(C)CC)C2=O)cc1. The first kappa shape index (κ1) is 22.3. The van der Waals surface area contributed by atoms with Crippen LogP contribution in [0.5, 0.6) is 5.75 Å². The lowest BCUT2D eigenvalue weighted by molar-refractivity contribution is -0.149. The summed E-state index contributed by atoms with van der Waals surface area (Å²) in [6.07, 6.45) is 5.74. The zero-order valence-electron chi connectivity index (χ0n) is 18.6. The molecule has 1 aliphatic heterocycles. The summed E-state index contributed by atoms with van der Waals surface area (Å²) in [4.78, 5) is 42.8. The van der Waals surface area contributed by atoms with Crippen molar-refractivity contribution in [2.75, 3.05) is 11.5 Å². The Hall–Kier alpha value is -2.37. The van der Waals surface area contributed by atoms with Gasteiger partial charge in [-0.2, -0.15) is 0 Å². The predicted octanol–water partition coefficient (Wildman–Crippen LogP) is 4.31. The minimum atomic E-state index is -0.742. The molecule has 6 nitrogen and oxygen atoms in total. The molecule has 1 heterocycles. The minimum Gasteiger partial charge on any atom is -0.494 e. The van der Waals surface area contributed by atoms with Crippen molar-refractivity contribution in [2.24, 2.45) is 5.92 Å². The van der Waals surface area contributed by atoms with Gasteiger partial charge >= 0.3 is 0 Å². The van der Waals surface area contributed by atoms with E-state index in [0.717, 1.165) is 32.1 Å². The number of carbonyl (C=O) groups excluding carboxylic acids is 3. The average Bonchev–Trinajstić information content (AvgIpc) is 3.03. The Morgan fingerprint density at radius 2 is 1.73 bits per heavy atom. The maximum absolute atomic E-state index is 13.5. The summed E-state index contributed by atoms with van der Waals surface area (Å²) in [6, 6.07) is 6.22. The zero-order chi connectivity index (χ0) is 21.9. The molecule has 0 bridgehead atoms. The largest absolute Gasteiger partial charge is 0.494 e. The van der Waals surface area contributed by atoms with Crippen molar-refractivity contribution < 1.29 is 19.1 Å². The third-order valence-electron chi connectivity index (χ3n) is 6.55. The number of hydrogen-bond acceptors (Lipinski definition) is 4. The summed E-state index contributed by atoms with van der Waals surface area (Å²) in [5.74, 6) is 0.101. The number of ether oxygens (including phenoxy) is 1. The first-order valence-electron chi connectivity index (χ1n) is 11.2. The highest BCUT2D eigenvalue weighted by Gasteiger charge is 2.49. The van der Waals surface area contributed by atoms with Crippen LogP contribution in [0.15, 0.2) is 24.3 Å². The van der Waals surface area contributed by atoms with Crippen molar-refractivity contribution in [3.05, 3.63) is 24.3 Å². The van der Waals surface area contributed by atoms with E-state index in [2.05, 4.69) is 0 Å². The van der Waals surface area contributed by atoms with Gasteiger partial charge in [0.15, 0.2) is 0 Å². The van der Waals surface area contributed by atoms with Crippen molar-refractivity contribution in [1.29, 1.82) is 0 Å². The number of anilines is 1. The third kappa shape index (κ3) is 4.37. The number of amides is 3. The van der Waals surface area contributed by atoms with Crippen LogP contribution < -0.4 is 9.64 Å². The van der Waals surface area contributed by atoms with Gasteiger partial charge in [0.05, 0.1) is 18.7 Å². The van der Waals surface area contributed by atoms with Crippen molar-refractivity contribution in [2.45, 2.75) is 84.2 Å². The monoisotopic (exact) mass is 414 g/mol. The molecule has 0 aromatic heterocycles. The molecule has 1 atom stereocenters. The zero-order valence-corrected chi connectivity index (χ0v) is 18.6. The van der Waals surface area contributed by atoms with Crippen LogP contribution in [0.1, 0.15) is 72.6 Å². The molecule has 0 N–H and O–H groups in total. The maximum atomic E-state index is 13.5. The van der Waals surface area contributed by atoms with Crippen LogP contribution in [0.4, 0.5) is 5.69 Å². The number of hydrogen-bond donors (Lipinski definition) is 0. The molecular formula is C24H34N2O4. The summed E-state index contributed by atoms with van der Waals surface area (Å²) in [7, 11) is 0. The Kier molecular flexibility index (Phi) is 6.84. The van der Waals surface area contributed by atoms with Crippen LogP contribution in [0.2, 0.25) is 0 Å².